The molecule has 2 aromatic heterocycles. The van der Waals surface area contributed by atoms with Crippen molar-refractivity contribution in [2.24, 2.45) is 0 Å². The average molecular weight is 255 g/mol. The summed E-state index contributed by atoms with van der Waals surface area (Å²) < 4.78 is 1.86. The maximum absolute atomic E-state index is 4.46. The molecule has 1 aromatic carbocycles. The van der Waals surface area contributed by atoms with Gasteiger partial charge in [-0.1, -0.05) is 12.1 Å². The van der Waals surface area contributed by atoms with E-state index in [-0.39, 0.29) is 0 Å². The maximum Gasteiger partial charge on any atom is 0.0903 e. The molecule has 0 N–H and O–H groups in total. The molecule has 0 amide bonds. The molecule has 0 bridgehead atoms. The molecule has 3 aromatic rings. The van der Waals surface area contributed by atoms with Crippen LogP contribution in [0.5, 0.6) is 0 Å². The molecule has 0 spiro atoms. The van der Waals surface area contributed by atoms with Gasteiger partial charge in [0, 0.05) is 12.4 Å². The molecule has 0 aliphatic rings. The number of hydrogen-bond acceptors (Lipinski definition) is 3. The average Bonchev–Trinajstić information content (AvgIpc) is 2.99. The Labute approximate surface area is 110 Å². The van der Waals surface area contributed by atoms with Crippen molar-refractivity contribution in [3.8, 4) is 16.1 Å². The summed E-state index contributed by atoms with van der Waals surface area (Å²) >= 11 is 1.74. The lowest BCUT2D eigenvalue weighted by Gasteiger charge is -2.03. The topological polar surface area (TPSA) is 30.7 Å². The van der Waals surface area contributed by atoms with Crippen molar-refractivity contribution >= 4 is 11.3 Å². The van der Waals surface area contributed by atoms with Crippen LogP contribution in [0.3, 0.4) is 0 Å². The van der Waals surface area contributed by atoms with Crippen LogP contribution in [0.4, 0.5) is 0 Å². The highest BCUT2D eigenvalue weighted by Gasteiger charge is 2.07. The molecule has 3 rings (SSSR count). The zero-order chi connectivity index (χ0) is 12.5. The van der Waals surface area contributed by atoms with Crippen LogP contribution >= 0.6 is 11.3 Å². The van der Waals surface area contributed by atoms with Crippen molar-refractivity contribution < 1.29 is 0 Å². The zero-order valence-corrected chi connectivity index (χ0v) is 11.1. The first kappa shape index (κ1) is 11.2. The summed E-state index contributed by atoms with van der Waals surface area (Å²) in [6, 6.07) is 10.3. The molecule has 18 heavy (non-hydrogen) atoms. The van der Waals surface area contributed by atoms with Gasteiger partial charge in [-0.25, -0.2) is 9.67 Å². The molecule has 0 aliphatic carbocycles. The number of hydrogen-bond donors (Lipinski definition) is 0. The van der Waals surface area contributed by atoms with Crippen molar-refractivity contribution in [1.82, 2.24) is 14.8 Å². The Morgan fingerprint density at radius 2 is 1.89 bits per heavy atom. The summed E-state index contributed by atoms with van der Waals surface area (Å²) in [7, 11) is 0. The van der Waals surface area contributed by atoms with Gasteiger partial charge in [-0.05, 0) is 37.6 Å². The van der Waals surface area contributed by atoms with Gasteiger partial charge in [0.2, 0.25) is 0 Å². The predicted octanol–water partition coefficient (Wildman–Crippen LogP) is 3.61. The maximum atomic E-state index is 4.46. The van der Waals surface area contributed by atoms with Gasteiger partial charge in [0.25, 0.3) is 0 Å². The minimum atomic E-state index is 1.07. The molecule has 90 valence electrons. The van der Waals surface area contributed by atoms with Gasteiger partial charge < -0.3 is 0 Å². The summed E-state index contributed by atoms with van der Waals surface area (Å²) in [5.41, 5.74) is 3.39. The minimum absolute atomic E-state index is 1.07. The van der Waals surface area contributed by atoms with Gasteiger partial charge in [-0.3, -0.25) is 0 Å². The molecule has 0 aliphatic heterocycles. The van der Waals surface area contributed by atoms with E-state index in [1.165, 1.54) is 10.4 Å². The molecular weight excluding hydrogens is 242 g/mol. The standard InChI is InChI=1S/C14H13N3S/c1-10-14(18-11(2)16-10)12-4-6-13(7-5-12)17-9-3-8-15-17/h3-9H,1-2H3. The molecule has 0 unspecified atom stereocenters. The van der Waals surface area contributed by atoms with Crippen LogP contribution in [0.1, 0.15) is 10.7 Å². The van der Waals surface area contributed by atoms with E-state index in [9.17, 15) is 0 Å². The quantitative estimate of drug-likeness (QED) is 0.700. The summed E-state index contributed by atoms with van der Waals surface area (Å²) in [5.74, 6) is 0. The van der Waals surface area contributed by atoms with Gasteiger partial charge >= 0.3 is 0 Å². The molecule has 2 heterocycles. The van der Waals surface area contributed by atoms with Crippen LogP contribution < -0.4 is 0 Å². The Hall–Kier alpha value is -1.94. The lowest BCUT2D eigenvalue weighted by Crippen LogP contribution is -1.93. The van der Waals surface area contributed by atoms with Gasteiger partial charge in [-0.15, -0.1) is 11.3 Å². The Kier molecular flexibility index (Phi) is 2.72. The molecule has 0 saturated heterocycles. The van der Waals surface area contributed by atoms with Crippen molar-refractivity contribution in [1.29, 1.82) is 0 Å². The number of thiazole rings is 1. The molecule has 0 atom stereocenters. The van der Waals surface area contributed by atoms with Crippen molar-refractivity contribution in [3.05, 3.63) is 53.4 Å². The van der Waals surface area contributed by atoms with E-state index >= 15 is 0 Å². The van der Waals surface area contributed by atoms with Crippen LogP contribution in [-0.4, -0.2) is 14.8 Å². The van der Waals surface area contributed by atoms with Crippen molar-refractivity contribution in [2.45, 2.75) is 13.8 Å². The van der Waals surface area contributed by atoms with E-state index in [1.54, 1.807) is 17.5 Å². The smallest absolute Gasteiger partial charge is 0.0903 e. The lowest BCUT2D eigenvalue weighted by atomic mass is 10.1. The molecule has 0 radical (unpaired) electrons. The van der Waals surface area contributed by atoms with Gasteiger partial charge in [0.15, 0.2) is 0 Å². The van der Waals surface area contributed by atoms with Crippen molar-refractivity contribution in [2.75, 3.05) is 0 Å². The third-order valence-corrected chi connectivity index (χ3v) is 3.92. The molecule has 0 fully saturated rings. The predicted molar refractivity (Wildman–Crippen MR) is 74.1 cm³/mol. The van der Waals surface area contributed by atoms with E-state index in [1.807, 2.05) is 23.9 Å². The van der Waals surface area contributed by atoms with Crippen LogP contribution in [-0.2, 0) is 0 Å². The fourth-order valence-corrected chi connectivity index (χ4v) is 2.91. The van der Waals surface area contributed by atoms with Gasteiger partial charge in [-0.2, -0.15) is 5.10 Å². The fraction of sp³-hybridized carbons (Fsp3) is 0.143. The first-order valence-electron chi connectivity index (χ1n) is 5.78. The molecule has 3 nitrogen and oxygen atoms in total. The Balaban J connectivity index is 1.99. The summed E-state index contributed by atoms with van der Waals surface area (Å²) in [6.45, 7) is 4.10. The molecule has 4 heteroatoms. The van der Waals surface area contributed by atoms with Crippen LogP contribution in [0.2, 0.25) is 0 Å². The largest absolute Gasteiger partial charge is 0.246 e. The third-order valence-electron chi connectivity index (χ3n) is 2.80. The first-order chi connectivity index (χ1) is 8.74. The second-order valence-corrected chi connectivity index (χ2v) is 5.35. The SMILES string of the molecule is Cc1nc(C)c(-c2ccc(-n3cccn3)cc2)s1. The van der Waals surface area contributed by atoms with E-state index < -0.39 is 0 Å². The highest BCUT2D eigenvalue weighted by molar-refractivity contribution is 7.15. The number of benzene rings is 1. The summed E-state index contributed by atoms with van der Waals surface area (Å²) in [6.07, 6.45) is 3.72. The highest BCUT2D eigenvalue weighted by Crippen LogP contribution is 2.29. The van der Waals surface area contributed by atoms with Crippen LogP contribution in [0.25, 0.3) is 16.1 Å². The fourth-order valence-electron chi connectivity index (χ4n) is 1.99. The van der Waals surface area contributed by atoms with E-state index in [0.717, 1.165) is 16.4 Å². The number of rotatable bonds is 2. The first-order valence-corrected chi connectivity index (χ1v) is 6.60. The summed E-state index contributed by atoms with van der Waals surface area (Å²) in [5, 5.41) is 5.33. The molecular formula is C14H13N3S. The number of aryl methyl sites for hydroxylation is 2. The molecule has 0 saturated carbocycles. The second kappa shape index (κ2) is 4.38. The Morgan fingerprint density at radius 3 is 2.44 bits per heavy atom. The van der Waals surface area contributed by atoms with Crippen LogP contribution in [0.15, 0.2) is 42.7 Å². The highest BCUT2D eigenvalue weighted by atomic mass is 32.1. The lowest BCUT2D eigenvalue weighted by molar-refractivity contribution is 0.881. The van der Waals surface area contributed by atoms with E-state index in [0.29, 0.717) is 0 Å². The monoisotopic (exact) mass is 255 g/mol. The van der Waals surface area contributed by atoms with Gasteiger partial charge in [0.05, 0.1) is 21.3 Å². The van der Waals surface area contributed by atoms with E-state index in [2.05, 4.69) is 41.3 Å². The van der Waals surface area contributed by atoms with Gasteiger partial charge in [0.1, 0.15) is 0 Å². The van der Waals surface area contributed by atoms with E-state index in [4.69, 9.17) is 0 Å². The minimum Gasteiger partial charge on any atom is -0.246 e. The number of nitrogens with zero attached hydrogens (tertiary/aromatic N) is 3. The van der Waals surface area contributed by atoms with Crippen LogP contribution in [0, 0.1) is 13.8 Å². The second-order valence-electron chi connectivity index (χ2n) is 4.14. The third kappa shape index (κ3) is 1.95. The van der Waals surface area contributed by atoms with Crippen molar-refractivity contribution in [3.63, 3.8) is 0 Å². The zero-order valence-electron chi connectivity index (χ0n) is 10.3. The summed E-state index contributed by atoms with van der Waals surface area (Å²) in [4.78, 5) is 5.71. The number of aromatic nitrogens is 3. The Morgan fingerprint density at radius 1 is 1.11 bits per heavy atom. The Bertz CT molecular complexity index is 651. The normalized spacial score (nSPS) is 10.8.